The lowest BCUT2D eigenvalue weighted by Crippen LogP contribution is -2.34. The number of fused-ring (bicyclic) bond motifs is 1. The number of likely N-dealkylation sites (tertiary alicyclic amines) is 1. The maximum atomic E-state index is 12.6. The molecule has 138 valence electrons. The second-order valence-corrected chi connectivity index (χ2v) is 7.81. The third-order valence-corrected chi connectivity index (χ3v) is 6.01. The van der Waals surface area contributed by atoms with Crippen LogP contribution in [-0.2, 0) is 6.54 Å². The standard InChI is InChI=1S/C22H24N4O/c27-22(17-5-7-18(8-6-17)26-10-1-2-11-26)24-21-19-14-25(15-20(19)21)13-16-4-3-9-23-12-16/h1-9,12,19-21H,10-11,13-15H2,(H,24,27)/t19-,20+,21?. The fourth-order valence-corrected chi connectivity index (χ4v) is 4.45. The van der Waals surface area contributed by atoms with Crippen molar-refractivity contribution in [3.05, 3.63) is 72.1 Å². The van der Waals surface area contributed by atoms with Gasteiger partial charge in [0.25, 0.3) is 5.91 Å². The first-order valence-corrected chi connectivity index (χ1v) is 9.70. The number of benzene rings is 1. The minimum absolute atomic E-state index is 0.0549. The van der Waals surface area contributed by atoms with Crippen LogP contribution in [0.3, 0.4) is 0 Å². The highest BCUT2D eigenvalue weighted by atomic mass is 16.1. The van der Waals surface area contributed by atoms with E-state index in [1.165, 1.54) is 11.3 Å². The number of carbonyl (C=O) groups is 1. The van der Waals surface area contributed by atoms with Crippen LogP contribution in [0.5, 0.6) is 0 Å². The first kappa shape index (κ1) is 16.5. The summed E-state index contributed by atoms with van der Waals surface area (Å²) in [5, 5.41) is 3.24. The van der Waals surface area contributed by atoms with Gasteiger partial charge in [-0.25, -0.2) is 0 Å². The zero-order chi connectivity index (χ0) is 18.2. The van der Waals surface area contributed by atoms with Crippen LogP contribution in [0.4, 0.5) is 5.69 Å². The van der Waals surface area contributed by atoms with E-state index in [2.05, 4.69) is 38.3 Å². The van der Waals surface area contributed by atoms with Crippen molar-refractivity contribution >= 4 is 11.6 Å². The summed E-state index contributed by atoms with van der Waals surface area (Å²) in [6, 6.07) is 12.4. The molecule has 27 heavy (non-hydrogen) atoms. The molecule has 1 saturated heterocycles. The van der Waals surface area contributed by atoms with Gasteiger partial charge in [-0.05, 0) is 47.7 Å². The summed E-state index contributed by atoms with van der Waals surface area (Å²) < 4.78 is 0. The van der Waals surface area contributed by atoms with Gasteiger partial charge >= 0.3 is 0 Å². The maximum Gasteiger partial charge on any atom is 0.251 e. The molecule has 0 radical (unpaired) electrons. The van der Waals surface area contributed by atoms with E-state index in [1.54, 1.807) is 0 Å². The number of hydrogen-bond donors (Lipinski definition) is 1. The molecule has 0 spiro atoms. The summed E-state index contributed by atoms with van der Waals surface area (Å²) in [5.41, 5.74) is 3.18. The molecular formula is C22H24N4O. The monoisotopic (exact) mass is 360 g/mol. The second-order valence-electron chi connectivity index (χ2n) is 7.81. The SMILES string of the molecule is O=C(NC1[C@H]2CN(Cc3cccnc3)C[C@@H]12)c1ccc(N2CC=CC2)cc1. The van der Waals surface area contributed by atoms with E-state index < -0.39 is 0 Å². The predicted octanol–water partition coefficient (Wildman–Crippen LogP) is 2.32. The summed E-state index contributed by atoms with van der Waals surface area (Å²) in [4.78, 5) is 21.5. The molecule has 2 fully saturated rings. The van der Waals surface area contributed by atoms with Crippen molar-refractivity contribution in [1.82, 2.24) is 15.2 Å². The van der Waals surface area contributed by atoms with Crippen molar-refractivity contribution in [1.29, 1.82) is 0 Å². The zero-order valence-corrected chi connectivity index (χ0v) is 15.3. The van der Waals surface area contributed by atoms with Crippen LogP contribution in [0.2, 0.25) is 0 Å². The van der Waals surface area contributed by atoms with Gasteiger partial charge < -0.3 is 10.2 Å². The van der Waals surface area contributed by atoms with Gasteiger partial charge in [-0.2, -0.15) is 0 Å². The van der Waals surface area contributed by atoms with Gasteiger partial charge in [0.1, 0.15) is 0 Å². The molecule has 3 aliphatic rings. The Balaban J connectivity index is 1.12. The van der Waals surface area contributed by atoms with Gasteiger partial charge in [0.2, 0.25) is 0 Å². The minimum atomic E-state index is 0.0549. The zero-order valence-electron chi connectivity index (χ0n) is 15.3. The molecule has 3 heterocycles. The molecule has 3 atom stereocenters. The Bertz CT molecular complexity index is 828. The van der Waals surface area contributed by atoms with E-state index in [9.17, 15) is 4.79 Å². The Hall–Kier alpha value is -2.66. The molecule has 5 nitrogen and oxygen atoms in total. The number of carbonyl (C=O) groups excluding carboxylic acids is 1. The Labute approximate surface area is 159 Å². The van der Waals surface area contributed by atoms with Crippen LogP contribution in [0.1, 0.15) is 15.9 Å². The summed E-state index contributed by atoms with van der Waals surface area (Å²) >= 11 is 0. The maximum absolute atomic E-state index is 12.6. The largest absolute Gasteiger partial charge is 0.364 e. The first-order valence-electron chi connectivity index (χ1n) is 9.70. The average molecular weight is 360 g/mol. The molecule has 0 bridgehead atoms. The number of piperidine rings is 1. The molecule has 1 aromatic carbocycles. The van der Waals surface area contributed by atoms with Crippen LogP contribution in [0.25, 0.3) is 0 Å². The molecular weight excluding hydrogens is 336 g/mol. The molecule has 2 aromatic rings. The van der Waals surface area contributed by atoms with E-state index in [0.29, 0.717) is 17.9 Å². The van der Waals surface area contributed by atoms with Gasteiger partial charge in [-0.3, -0.25) is 14.7 Å². The number of nitrogens with one attached hydrogen (secondary N) is 1. The van der Waals surface area contributed by atoms with Gasteiger partial charge in [-0.1, -0.05) is 18.2 Å². The number of amides is 1. The van der Waals surface area contributed by atoms with Crippen molar-refractivity contribution in [3.63, 3.8) is 0 Å². The van der Waals surface area contributed by atoms with E-state index in [0.717, 1.165) is 38.3 Å². The summed E-state index contributed by atoms with van der Waals surface area (Å²) in [6.07, 6.45) is 8.09. The fourth-order valence-electron chi connectivity index (χ4n) is 4.45. The summed E-state index contributed by atoms with van der Waals surface area (Å²) in [7, 11) is 0. The Morgan fingerprint density at radius 3 is 2.48 bits per heavy atom. The average Bonchev–Trinajstić information content (AvgIpc) is 3.13. The predicted molar refractivity (Wildman–Crippen MR) is 106 cm³/mol. The minimum Gasteiger partial charge on any atom is -0.364 e. The highest BCUT2D eigenvalue weighted by Crippen LogP contribution is 2.45. The normalized spacial score (nSPS) is 26.2. The molecule has 2 aliphatic heterocycles. The lowest BCUT2D eigenvalue weighted by atomic mass is 10.2. The molecule has 1 saturated carbocycles. The Morgan fingerprint density at radius 2 is 1.81 bits per heavy atom. The topological polar surface area (TPSA) is 48.5 Å². The van der Waals surface area contributed by atoms with E-state index in [-0.39, 0.29) is 5.91 Å². The van der Waals surface area contributed by atoms with E-state index >= 15 is 0 Å². The smallest absolute Gasteiger partial charge is 0.251 e. The van der Waals surface area contributed by atoms with Crippen molar-refractivity contribution in [2.24, 2.45) is 11.8 Å². The van der Waals surface area contributed by atoms with Crippen LogP contribution in [-0.4, -0.2) is 48.0 Å². The quantitative estimate of drug-likeness (QED) is 0.832. The number of aromatic nitrogens is 1. The number of rotatable bonds is 5. The number of pyridine rings is 1. The lowest BCUT2D eigenvalue weighted by molar-refractivity contribution is 0.0942. The summed E-state index contributed by atoms with van der Waals surface area (Å²) in [5.74, 6) is 1.25. The van der Waals surface area contributed by atoms with Crippen LogP contribution in [0.15, 0.2) is 60.9 Å². The third-order valence-electron chi connectivity index (χ3n) is 6.01. The number of nitrogens with zero attached hydrogens (tertiary/aromatic N) is 3. The molecule has 1 N–H and O–H groups in total. The second kappa shape index (κ2) is 6.82. The van der Waals surface area contributed by atoms with Gasteiger partial charge in [0.15, 0.2) is 0 Å². The molecule has 5 heteroatoms. The van der Waals surface area contributed by atoms with Gasteiger partial charge in [0, 0.05) is 62.4 Å². The fraction of sp³-hybridized carbons (Fsp3) is 0.364. The molecule has 5 rings (SSSR count). The van der Waals surface area contributed by atoms with Crippen molar-refractivity contribution < 1.29 is 4.79 Å². The molecule has 1 unspecified atom stereocenters. The first-order chi connectivity index (χ1) is 13.3. The molecule has 1 aliphatic carbocycles. The van der Waals surface area contributed by atoms with Gasteiger partial charge in [-0.15, -0.1) is 0 Å². The lowest BCUT2D eigenvalue weighted by Gasteiger charge is -2.20. The highest BCUT2D eigenvalue weighted by Gasteiger charge is 2.56. The van der Waals surface area contributed by atoms with Crippen LogP contribution >= 0.6 is 0 Å². The third kappa shape index (κ3) is 3.35. The number of anilines is 1. The van der Waals surface area contributed by atoms with Crippen molar-refractivity contribution in [3.8, 4) is 0 Å². The van der Waals surface area contributed by atoms with Crippen LogP contribution in [0, 0.1) is 11.8 Å². The molecule has 1 aromatic heterocycles. The highest BCUT2D eigenvalue weighted by molar-refractivity contribution is 5.95. The Morgan fingerprint density at radius 1 is 1.07 bits per heavy atom. The molecule has 1 amide bonds. The van der Waals surface area contributed by atoms with E-state index in [4.69, 9.17) is 0 Å². The summed E-state index contributed by atoms with van der Waals surface area (Å²) in [6.45, 7) is 4.98. The van der Waals surface area contributed by atoms with Crippen LogP contribution < -0.4 is 10.2 Å². The van der Waals surface area contributed by atoms with Gasteiger partial charge in [0.05, 0.1) is 0 Å². The Kier molecular flexibility index (Phi) is 4.17. The number of hydrogen-bond acceptors (Lipinski definition) is 4. The van der Waals surface area contributed by atoms with Crippen molar-refractivity contribution in [2.45, 2.75) is 12.6 Å². The van der Waals surface area contributed by atoms with Crippen molar-refractivity contribution in [2.75, 3.05) is 31.1 Å². The van der Waals surface area contributed by atoms with E-state index in [1.807, 2.05) is 42.7 Å².